The maximum atomic E-state index is 11.7. The number of nitrogens with one attached hydrogen (secondary N) is 4. The molecule has 0 aliphatic rings. The third-order valence-corrected chi connectivity index (χ3v) is 4.77. The lowest BCUT2D eigenvalue weighted by Crippen LogP contribution is -2.37. The van der Waals surface area contributed by atoms with E-state index in [1.807, 2.05) is 36.7 Å². The highest BCUT2D eigenvalue weighted by Crippen LogP contribution is 2.02. The first kappa shape index (κ1) is 24.1. The fourth-order valence-corrected chi connectivity index (χ4v) is 3.04. The van der Waals surface area contributed by atoms with Gasteiger partial charge in [0.2, 0.25) is 0 Å². The largest absolute Gasteiger partial charge is 0.338 e. The van der Waals surface area contributed by atoms with E-state index < -0.39 is 0 Å². The highest BCUT2D eigenvalue weighted by atomic mass is 16.2. The molecule has 0 aliphatic heterocycles. The van der Waals surface area contributed by atoms with Crippen LogP contribution in [0.25, 0.3) is 0 Å². The second-order valence-electron chi connectivity index (χ2n) is 7.36. The number of hydrogen-bond acceptors (Lipinski definition) is 4. The van der Waals surface area contributed by atoms with Gasteiger partial charge in [0.1, 0.15) is 0 Å². The van der Waals surface area contributed by atoms with Crippen molar-refractivity contribution in [2.45, 2.75) is 44.9 Å². The summed E-state index contributed by atoms with van der Waals surface area (Å²) in [5, 5.41) is 11.5. The van der Waals surface area contributed by atoms with Crippen LogP contribution in [0.2, 0.25) is 0 Å². The molecule has 0 aliphatic carbocycles. The number of pyridine rings is 2. The monoisotopic (exact) mass is 426 g/mol. The van der Waals surface area contributed by atoms with Gasteiger partial charge in [0.15, 0.2) is 0 Å². The van der Waals surface area contributed by atoms with E-state index in [0.717, 1.165) is 56.1 Å². The molecule has 4 amide bonds. The highest BCUT2D eigenvalue weighted by Gasteiger charge is 2.01. The van der Waals surface area contributed by atoms with Crippen molar-refractivity contribution >= 4 is 12.1 Å². The summed E-state index contributed by atoms with van der Waals surface area (Å²) in [4.78, 5) is 31.6. The molecule has 0 bridgehead atoms. The minimum atomic E-state index is -0.123. The number of urea groups is 2. The van der Waals surface area contributed by atoms with E-state index in [1.165, 1.54) is 0 Å². The minimum absolute atomic E-state index is 0.123. The Morgan fingerprint density at radius 3 is 1.45 bits per heavy atom. The number of carbonyl (C=O) groups excluding carboxylic acids is 2. The second-order valence-corrected chi connectivity index (χ2v) is 7.36. The molecular formula is C23H34N6O2. The first-order valence-electron chi connectivity index (χ1n) is 11.1. The Bertz CT molecular complexity index is 679. The fourth-order valence-electron chi connectivity index (χ4n) is 3.04. The summed E-state index contributed by atoms with van der Waals surface area (Å²) in [5.41, 5.74) is 2.22. The van der Waals surface area contributed by atoms with Gasteiger partial charge in [-0.1, -0.05) is 31.4 Å². The van der Waals surface area contributed by atoms with Gasteiger partial charge in [0, 0.05) is 51.0 Å². The Hall–Kier alpha value is -3.16. The zero-order valence-electron chi connectivity index (χ0n) is 18.1. The quantitative estimate of drug-likeness (QED) is 0.348. The smallest absolute Gasteiger partial charge is 0.314 e. The van der Waals surface area contributed by atoms with Gasteiger partial charge in [-0.05, 0) is 48.9 Å². The Morgan fingerprint density at radius 2 is 1.03 bits per heavy atom. The highest BCUT2D eigenvalue weighted by molar-refractivity contribution is 5.74. The summed E-state index contributed by atoms with van der Waals surface area (Å²) < 4.78 is 0. The van der Waals surface area contributed by atoms with Gasteiger partial charge in [0.05, 0.1) is 0 Å². The number of nitrogens with zero attached hydrogens (tertiary/aromatic N) is 2. The summed E-state index contributed by atoms with van der Waals surface area (Å²) in [7, 11) is 0. The SMILES string of the molecule is O=C(NCCCCCCCNC(=O)NCCc1cccnc1)NCCc1cccnc1. The van der Waals surface area contributed by atoms with Crippen molar-refractivity contribution in [2.24, 2.45) is 0 Å². The third kappa shape index (κ3) is 12.2. The van der Waals surface area contributed by atoms with Crippen LogP contribution in [0.1, 0.15) is 43.2 Å². The van der Waals surface area contributed by atoms with E-state index >= 15 is 0 Å². The third-order valence-electron chi connectivity index (χ3n) is 4.77. The molecule has 4 N–H and O–H groups in total. The van der Waals surface area contributed by atoms with Crippen LogP contribution < -0.4 is 21.3 Å². The molecule has 0 spiro atoms. The Morgan fingerprint density at radius 1 is 0.613 bits per heavy atom. The van der Waals surface area contributed by atoms with Crippen LogP contribution in [0.3, 0.4) is 0 Å². The Labute approximate surface area is 184 Å². The summed E-state index contributed by atoms with van der Waals surface area (Å²) in [6.45, 7) is 2.55. The number of hydrogen-bond donors (Lipinski definition) is 4. The zero-order chi connectivity index (χ0) is 22.0. The first-order valence-corrected chi connectivity index (χ1v) is 11.1. The van der Waals surface area contributed by atoms with Gasteiger partial charge in [-0.2, -0.15) is 0 Å². The molecule has 0 saturated heterocycles. The van der Waals surface area contributed by atoms with E-state index in [2.05, 4.69) is 31.2 Å². The van der Waals surface area contributed by atoms with Gasteiger partial charge < -0.3 is 21.3 Å². The van der Waals surface area contributed by atoms with Crippen molar-refractivity contribution < 1.29 is 9.59 Å². The van der Waals surface area contributed by atoms with Crippen LogP contribution in [-0.4, -0.2) is 48.2 Å². The normalized spacial score (nSPS) is 10.3. The van der Waals surface area contributed by atoms with E-state index in [1.54, 1.807) is 12.4 Å². The van der Waals surface area contributed by atoms with Crippen LogP contribution in [0.5, 0.6) is 0 Å². The number of rotatable bonds is 14. The van der Waals surface area contributed by atoms with E-state index in [9.17, 15) is 9.59 Å². The molecule has 2 aromatic heterocycles. The predicted octanol–water partition coefficient (Wildman–Crippen LogP) is 2.81. The van der Waals surface area contributed by atoms with E-state index in [4.69, 9.17) is 0 Å². The van der Waals surface area contributed by atoms with Gasteiger partial charge in [0.25, 0.3) is 0 Å². The van der Waals surface area contributed by atoms with Crippen LogP contribution in [-0.2, 0) is 12.8 Å². The maximum absolute atomic E-state index is 11.7. The number of aromatic nitrogens is 2. The maximum Gasteiger partial charge on any atom is 0.314 e. The number of amides is 4. The molecule has 2 aromatic rings. The lowest BCUT2D eigenvalue weighted by molar-refractivity contribution is 0.240. The first-order chi connectivity index (χ1) is 15.2. The van der Waals surface area contributed by atoms with E-state index in [-0.39, 0.29) is 12.1 Å². The molecule has 2 rings (SSSR count). The van der Waals surface area contributed by atoms with E-state index in [0.29, 0.717) is 26.2 Å². The Kier molecular flexibility index (Phi) is 12.2. The van der Waals surface area contributed by atoms with Gasteiger partial charge in [-0.15, -0.1) is 0 Å². The molecular weight excluding hydrogens is 392 g/mol. The molecule has 0 radical (unpaired) electrons. The predicted molar refractivity (Wildman–Crippen MR) is 122 cm³/mol. The van der Waals surface area contributed by atoms with Crippen LogP contribution in [0.15, 0.2) is 49.1 Å². The minimum Gasteiger partial charge on any atom is -0.338 e. The van der Waals surface area contributed by atoms with Crippen molar-refractivity contribution in [2.75, 3.05) is 26.2 Å². The molecule has 168 valence electrons. The number of unbranched alkanes of at least 4 members (excludes halogenated alkanes) is 4. The average molecular weight is 427 g/mol. The zero-order valence-corrected chi connectivity index (χ0v) is 18.1. The molecule has 0 fully saturated rings. The molecule has 8 nitrogen and oxygen atoms in total. The molecule has 0 unspecified atom stereocenters. The van der Waals surface area contributed by atoms with Crippen molar-refractivity contribution in [1.82, 2.24) is 31.2 Å². The fraction of sp³-hybridized carbons (Fsp3) is 0.478. The van der Waals surface area contributed by atoms with Crippen molar-refractivity contribution in [1.29, 1.82) is 0 Å². The average Bonchev–Trinajstić information content (AvgIpc) is 2.79. The molecule has 0 atom stereocenters. The molecule has 0 aromatic carbocycles. The molecule has 8 heteroatoms. The van der Waals surface area contributed by atoms with Crippen LogP contribution in [0, 0.1) is 0 Å². The molecule has 0 saturated carbocycles. The Balaban J connectivity index is 1.33. The van der Waals surface area contributed by atoms with Crippen molar-refractivity contribution in [3.8, 4) is 0 Å². The topological polar surface area (TPSA) is 108 Å². The van der Waals surface area contributed by atoms with Crippen LogP contribution in [0.4, 0.5) is 9.59 Å². The lowest BCUT2D eigenvalue weighted by atomic mass is 10.1. The molecule has 2 heterocycles. The standard InChI is InChI=1S/C23H34N6O2/c30-22(28-16-10-20-8-6-12-24-18-20)26-14-4-2-1-3-5-15-27-23(31)29-17-11-21-9-7-13-25-19-21/h6-9,12-13,18-19H,1-5,10-11,14-17H2,(H2,26,28,30)(H2,27,29,31). The van der Waals surface area contributed by atoms with Gasteiger partial charge in [-0.3, -0.25) is 9.97 Å². The second kappa shape index (κ2) is 15.6. The molecule has 31 heavy (non-hydrogen) atoms. The van der Waals surface area contributed by atoms with Gasteiger partial charge in [-0.25, -0.2) is 9.59 Å². The van der Waals surface area contributed by atoms with Gasteiger partial charge >= 0.3 is 12.1 Å². The summed E-state index contributed by atoms with van der Waals surface area (Å²) in [5.74, 6) is 0. The summed E-state index contributed by atoms with van der Waals surface area (Å²) in [6.07, 6.45) is 13.8. The summed E-state index contributed by atoms with van der Waals surface area (Å²) in [6, 6.07) is 7.54. The lowest BCUT2D eigenvalue weighted by Gasteiger charge is -2.08. The van der Waals surface area contributed by atoms with Crippen molar-refractivity contribution in [3.05, 3.63) is 60.2 Å². The number of carbonyl (C=O) groups is 2. The van der Waals surface area contributed by atoms with Crippen LogP contribution >= 0.6 is 0 Å². The van der Waals surface area contributed by atoms with Crippen molar-refractivity contribution in [3.63, 3.8) is 0 Å². The summed E-state index contributed by atoms with van der Waals surface area (Å²) >= 11 is 0.